The van der Waals surface area contributed by atoms with Crippen molar-refractivity contribution < 1.29 is 18.3 Å². The summed E-state index contributed by atoms with van der Waals surface area (Å²) in [5, 5.41) is 18.4. The zero-order valence-corrected chi connectivity index (χ0v) is 15.4. The van der Waals surface area contributed by atoms with Gasteiger partial charge in [0.05, 0.1) is 17.6 Å². The molecule has 0 bridgehead atoms. The van der Waals surface area contributed by atoms with E-state index in [-0.39, 0.29) is 27.5 Å². The van der Waals surface area contributed by atoms with E-state index in [9.17, 15) is 14.0 Å². The Morgan fingerprint density at radius 3 is 2.32 bits per heavy atom. The van der Waals surface area contributed by atoms with E-state index in [2.05, 4.69) is 0 Å². The molecule has 0 atom stereocenters. The van der Waals surface area contributed by atoms with Gasteiger partial charge in [-0.15, -0.1) is 0 Å². The Labute approximate surface area is 164 Å². The summed E-state index contributed by atoms with van der Waals surface area (Å²) in [5.74, 6) is -1.33. The number of hydrogen-bond acceptors (Lipinski definition) is 5. The molecule has 0 N–H and O–H groups in total. The van der Waals surface area contributed by atoms with Gasteiger partial charge in [0.1, 0.15) is 35.0 Å². The molecule has 0 fully saturated rings. The van der Waals surface area contributed by atoms with Gasteiger partial charge in [-0.05, 0) is 42.5 Å². The maximum Gasteiger partial charge on any atom is 0.172 e. The van der Waals surface area contributed by atoms with Crippen molar-refractivity contribution in [2.75, 3.05) is 7.11 Å². The number of hydrogen-bond donors (Lipinski definition) is 0. The summed E-state index contributed by atoms with van der Waals surface area (Å²) in [6.45, 7) is 0. The predicted molar refractivity (Wildman–Crippen MR) is 99.4 cm³/mol. The Morgan fingerprint density at radius 2 is 1.68 bits per heavy atom. The number of methoxy groups -OCH3 is 1. The minimum atomic E-state index is -1.08. The molecule has 138 valence electrons. The predicted octanol–water partition coefficient (Wildman–Crippen LogP) is 5.66. The van der Waals surface area contributed by atoms with Crippen LogP contribution in [0.4, 0.5) is 8.78 Å². The van der Waals surface area contributed by atoms with E-state index in [0.29, 0.717) is 10.6 Å². The highest BCUT2D eigenvalue weighted by atomic mass is 32.2. The first kappa shape index (κ1) is 19.2. The first-order valence-electron chi connectivity index (χ1n) is 7.97. The van der Waals surface area contributed by atoms with Gasteiger partial charge in [0.25, 0.3) is 0 Å². The van der Waals surface area contributed by atoms with Crippen LogP contribution in [0.3, 0.4) is 0 Å². The van der Waals surface area contributed by atoms with Crippen molar-refractivity contribution in [3.8, 4) is 29.4 Å². The fourth-order valence-corrected chi connectivity index (χ4v) is 3.28. The Kier molecular flexibility index (Phi) is 5.78. The molecule has 7 heteroatoms. The molecule has 0 saturated carbocycles. The number of benzene rings is 3. The summed E-state index contributed by atoms with van der Waals surface area (Å²) in [7, 11) is 1.54. The van der Waals surface area contributed by atoms with Crippen LogP contribution in [0.25, 0.3) is 0 Å². The largest absolute Gasteiger partial charge is 0.497 e. The smallest absolute Gasteiger partial charge is 0.172 e. The zero-order valence-electron chi connectivity index (χ0n) is 14.6. The lowest BCUT2D eigenvalue weighted by molar-refractivity contribution is 0.414. The number of rotatable bonds is 5. The second-order valence-electron chi connectivity index (χ2n) is 5.50. The van der Waals surface area contributed by atoms with Crippen LogP contribution in [0.1, 0.15) is 11.1 Å². The SMILES string of the molecule is COc1ccc(Sc2cc(Oc3cccc(C#N)c3C#N)cc(F)c2F)cc1. The molecule has 0 aliphatic rings. The molecule has 4 nitrogen and oxygen atoms in total. The van der Waals surface area contributed by atoms with Crippen molar-refractivity contribution in [2.24, 2.45) is 0 Å². The van der Waals surface area contributed by atoms with E-state index < -0.39 is 11.6 Å². The lowest BCUT2D eigenvalue weighted by atomic mass is 10.1. The van der Waals surface area contributed by atoms with Crippen molar-refractivity contribution in [2.45, 2.75) is 9.79 Å². The van der Waals surface area contributed by atoms with E-state index in [0.717, 1.165) is 17.8 Å². The van der Waals surface area contributed by atoms with E-state index >= 15 is 0 Å². The molecule has 0 amide bonds. The molecule has 0 radical (unpaired) electrons. The van der Waals surface area contributed by atoms with E-state index in [1.54, 1.807) is 30.3 Å². The standard InChI is InChI=1S/C21H12F2N2O2S/c1-26-14-5-7-16(8-6-14)28-20-10-15(9-18(22)21(20)23)27-19-4-2-3-13(11-24)17(19)12-25/h2-10H,1H3. The van der Waals surface area contributed by atoms with Crippen molar-refractivity contribution in [1.82, 2.24) is 0 Å². The maximum atomic E-state index is 14.2. The van der Waals surface area contributed by atoms with Crippen LogP contribution in [0.2, 0.25) is 0 Å². The molecular weight excluding hydrogens is 382 g/mol. The molecule has 0 aliphatic carbocycles. The Balaban J connectivity index is 1.94. The van der Waals surface area contributed by atoms with Crippen molar-refractivity contribution >= 4 is 11.8 Å². The molecule has 3 aromatic carbocycles. The molecule has 0 saturated heterocycles. The zero-order chi connectivity index (χ0) is 20.1. The highest BCUT2D eigenvalue weighted by molar-refractivity contribution is 7.99. The summed E-state index contributed by atoms with van der Waals surface area (Å²) in [6, 6.07) is 17.4. The molecule has 28 heavy (non-hydrogen) atoms. The molecule has 3 aromatic rings. The molecule has 0 aliphatic heterocycles. The Hall–Kier alpha value is -3.55. The highest BCUT2D eigenvalue weighted by Gasteiger charge is 2.16. The van der Waals surface area contributed by atoms with Crippen LogP contribution < -0.4 is 9.47 Å². The van der Waals surface area contributed by atoms with Crippen LogP contribution in [-0.2, 0) is 0 Å². The Morgan fingerprint density at radius 1 is 0.929 bits per heavy atom. The first-order valence-corrected chi connectivity index (χ1v) is 8.79. The van der Waals surface area contributed by atoms with Gasteiger partial charge in [-0.3, -0.25) is 0 Å². The van der Waals surface area contributed by atoms with Gasteiger partial charge < -0.3 is 9.47 Å². The average molecular weight is 394 g/mol. The van der Waals surface area contributed by atoms with Crippen LogP contribution in [0.5, 0.6) is 17.2 Å². The number of nitrogens with zero attached hydrogens (tertiary/aromatic N) is 2. The number of nitriles is 2. The molecular formula is C21H12F2N2O2S. The highest BCUT2D eigenvalue weighted by Crippen LogP contribution is 2.36. The third-order valence-electron chi connectivity index (χ3n) is 3.74. The van der Waals surface area contributed by atoms with Crippen LogP contribution in [0, 0.1) is 34.3 Å². The Bertz CT molecular complexity index is 1100. The van der Waals surface area contributed by atoms with Gasteiger partial charge >= 0.3 is 0 Å². The molecule has 3 rings (SSSR count). The van der Waals surface area contributed by atoms with Gasteiger partial charge in [-0.2, -0.15) is 10.5 Å². The van der Waals surface area contributed by atoms with Gasteiger partial charge in [-0.25, -0.2) is 8.78 Å². The molecule has 0 spiro atoms. The van der Waals surface area contributed by atoms with Crippen molar-refractivity contribution in [1.29, 1.82) is 10.5 Å². The summed E-state index contributed by atoms with van der Waals surface area (Å²) in [5.41, 5.74) is 0.162. The van der Waals surface area contributed by atoms with Crippen LogP contribution in [-0.4, -0.2) is 7.11 Å². The lowest BCUT2D eigenvalue weighted by Gasteiger charge is -2.11. The first-order chi connectivity index (χ1) is 13.5. The fourth-order valence-electron chi connectivity index (χ4n) is 2.40. The van der Waals surface area contributed by atoms with Crippen LogP contribution >= 0.6 is 11.8 Å². The van der Waals surface area contributed by atoms with Gasteiger partial charge in [0.15, 0.2) is 11.6 Å². The quantitative estimate of drug-likeness (QED) is 0.559. The minimum Gasteiger partial charge on any atom is -0.497 e. The lowest BCUT2D eigenvalue weighted by Crippen LogP contribution is -1.95. The van der Waals surface area contributed by atoms with Gasteiger partial charge in [0, 0.05) is 11.0 Å². The molecule has 0 heterocycles. The second kappa shape index (κ2) is 8.43. The summed E-state index contributed by atoms with van der Waals surface area (Å²) < 4.78 is 39.0. The van der Waals surface area contributed by atoms with Crippen molar-refractivity contribution in [3.05, 3.63) is 77.4 Å². The summed E-state index contributed by atoms with van der Waals surface area (Å²) in [4.78, 5) is 0.704. The number of halogens is 2. The third kappa shape index (κ3) is 4.06. The van der Waals surface area contributed by atoms with E-state index in [4.69, 9.17) is 14.7 Å². The fraction of sp³-hybridized carbons (Fsp3) is 0.0476. The summed E-state index contributed by atoms with van der Waals surface area (Å²) in [6.07, 6.45) is 0. The maximum absolute atomic E-state index is 14.2. The van der Waals surface area contributed by atoms with Crippen LogP contribution in [0.15, 0.2) is 64.4 Å². The topological polar surface area (TPSA) is 66.0 Å². The average Bonchev–Trinajstić information content (AvgIpc) is 2.72. The number of ether oxygens (including phenoxy) is 2. The van der Waals surface area contributed by atoms with Gasteiger partial charge in [-0.1, -0.05) is 17.8 Å². The molecule has 0 unspecified atom stereocenters. The summed E-state index contributed by atoms with van der Waals surface area (Å²) >= 11 is 1.02. The van der Waals surface area contributed by atoms with E-state index in [1.807, 2.05) is 12.1 Å². The monoisotopic (exact) mass is 394 g/mol. The van der Waals surface area contributed by atoms with E-state index in [1.165, 1.54) is 25.3 Å². The normalized spacial score (nSPS) is 10.0. The third-order valence-corrected chi connectivity index (χ3v) is 4.77. The minimum absolute atomic E-state index is 0.0153. The second-order valence-corrected chi connectivity index (χ2v) is 6.61. The van der Waals surface area contributed by atoms with Crippen molar-refractivity contribution in [3.63, 3.8) is 0 Å². The van der Waals surface area contributed by atoms with Gasteiger partial charge in [0.2, 0.25) is 0 Å². The molecule has 0 aromatic heterocycles.